The second-order valence-corrected chi connectivity index (χ2v) is 7.02. The van der Waals surface area contributed by atoms with E-state index in [1.165, 1.54) is 27.2 Å². The zero-order valence-electron chi connectivity index (χ0n) is 18.5. The van der Waals surface area contributed by atoms with Crippen molar-refractivity contribution < 1.29 is 28.6 Å². The van der Waals surface area contributed by atoms with Gasteiger partial charge in [-0.3, -0.25) is 14.4 Å². The van der Waals surface area contributed by atoms with E-state index < -0.39 is 5.97 Å². The summed E-state index contributed by atoms with van der Waals surface area (Å²) in [7, 11) is 3.02. The molecule has 0 bridgehead atoms. The number of anilines is 1. The molecule has 3 rings (SSSR count). The lowest BCUT2D eigenvalue weighted by atomic mass is 10.1. The molecule has 0 aromatic heterocycles. The third-order valence-electron chi connectivity index (χ3n) is 4.68. The monoisotopic (exact) mass is 448 g/mol. The van der Waals surface area contributed by atoms with Gasteiger partial charge in [0.05, 0.1) is 14.2 Å². The van der Waals surface area contributed by atoms with Crippen LogP contribution in [-0.4, -0.2) is 32.0 Å². The van der Waals surface area contributed by atoms with Crippen molar-refractivity contribution in [1.29, 1.82) is 0 Å². The van der Waals surface area contributed by atoms with Crippen LogP contribution in [0.4, 0.5) is 5.69 Å². The zero-order chi connectivity index (χ0) is 23.8. The number of ether oxygens (including phenoxy) is 3. The van der Waals surface area contributed by atoms with Gasteiger partial charge in [-0.1, -0.05) is 24.3 Å². The lowest BCUT2D eigenvalue weighted by Gasteiger charge is -2.13. The first-order valence-electron chi connectivity index (χ1n) is 10.1. The summed E-state index contributed by atoms with van der Waals surface area (Å²) in [4.78, 5) is 36.6. The number of carbonyl (C=O) groups excluding carboxylic acids is 3. The van der Waals surface area contributed by atoms with E-state index in [0.717, 1.165) is 0 Å². The first kappa shape index (κ1) is 23.3. The Morgan fingerprint density at radius 3 is 2.09 bits per heavy atom. The van der Waals surface area contributed by atoms with E-state index in [4.69, 9.17) is 14.2 Å². The quantitative estimate of drug-likeness (QED) is 0.401. The number of esters is 1. The molecular weight excluding hydrogens is 424 g/mol. The highest BCUT2D eigenvalue weighted by Crippen LogP contribution is 2.24. The minimum atomic E-state index is -0.467. The Morgan fingerprint density at radius 2 is 1.42 bits per heavy atom. The van der Waals surface area contributed by atoms with E-state index in [9.17, 15) is 14.4 Å². The minimum Gasteiger partial charge on any atom is -0.497 e. The third-order valence-corrected chi connectivity index (χ3v) is 4.68. The highest BCUT2D eigenvalue weighted by molar-refractivity contribution is 6.05. The van der Waals surface area contributed by atoms with Gasteiger partial charge in [0.15, 0.2) is 0 Å². The Morgan fingerprint density at radius 1 is 0.758 bits per heavy atom. The Labute approximate surface area is 191 Å². The van der Waals surface area contributed by atoms with Gasteiger partial charge in [-0.15, -0.1) is 0 Å². The Hall–Kier alpha value is -4.33. The lowest BCUT2D eigenvalue weighted by Crippen LogP contribution is -2.24. The first-order chi connectivity index (χ1) is 15.9. The van der Waals surface area contributed by atoms with Crippen LogP contribution < -0.4 is 24.8 Å². The Balaban J connectivity index is 1.72. The van der Waals surface area contributed by atoms with E-state index in [1.807, 2.05) is 6.07 Å². The number of nitrogens with one attached hydrogen (secondary N) is 2. The van der Waals surface area contributed by atoms with Crippen molar-refractivity contribution in [2.75, 3.05) is 19.5 Å². The molecule has 2 N–H and O–H groups in total. The van der Waals surface area contributed by atoms with E-state index in [1.54, 1.807) is 54.6 Å². The molecule has 0 radical (unpaired) electrons. The highest BCUT2D eigenvalue weighted by atomic mass is 16.5. The fraction of sp³-hybridized carbons (Fsp3) is 0.160. The smallest absolute Gasteiger partial charge is 0.308 e. The molecule has 0 aliphatic rings. The topological polar surface area (TPSA) is 103 Å². The average Bonchev–Trinajstić information content (AvgIpc) is 2.82. The molecule has 33 heavy (non-hydrogen) atoms. The van der Waals surface area contributed by atoms with Crippen molar-refractivity contribution in [2.24, 2.45) is 0 Å². The second kappa shape index (κ2) is 10.8. The van der Waals surface area contributed by atoms with Gasteiger partial charge in [0.1, 0.15) is 17.2 Å². The van der Waals surface area contributed by atoms with Crippen LogP contribution >= 0.6 is 0 Å². The van der Waals surface area contributed by atoms with E-state index >= 15 is 0 Å². The zero-order valence-corrected chi connectivity index (χ0v) is 18.5. The average molecular weight is 448 g/mol. The summed E-state index contributed by atoms with van der Waals surface area (Å²) in [6.45, 7) is 1.47. The molecule has 170 valence electrons. The molecule has 0 aliphatic heterocycles. The summed E-state index contributed by atoms with van der Waals surface area (Å²) in [5, 5.41) is 5.68. The molecule has 0 spiro atoms. The number of methoxy groups -OCH3 is 2. The van der Waals surface area contributed by atoms with Crippen molar-refractivity contribution in [3.8, 4) is 17.2 Å². The van der Waals surface area contributed by atoms with E-state index in [0.29, 0.717) is 33.9 Å². The number of carbonyl (C=O) groups is 3. The van der Waals surface area contributed by atoms with Gasteiger partial charge >= 0.3 is 5.97 Å². The normalized spacial score (nSPS) is 10.2. The fourth-order valence-corrected chi connectivity index (χ4v) is 3.07. The Bertz CT molecular complexity index is 1150. The number of amides is 2. The predicted molar refractivity (Wildman–Crippen MR) is 123 cm³/mol. The molecule has 0 aliphatic carbocycles. The maximum Gasteiger partial charge on any atom is 0.308 e. The van der Waals surface area contributed by atoms with E-state index in [-0.39, 0.29) is 24.1 Å². The molecule has 2 amide bonds. The van der Waals surface area contributed by atoms with Crippen LogP contribution in [0.1, 0.15) is 33.2 Å². The molecule has 0 fully saturated rings. The van der Waals surface area contributed by atoms with Crippen molar-refractivity contribution in [1.82, 2.24) is 5.32 Å². The molecule has 0 atom stereocenters. The number of hydrogen-bond donors (Lipinski definition) is 2. The van der Waals surface area contributed by atoms with Crippen LogP contribution in [0.5, 0.6) is 17.2 Å². The summed E-state index contributed by atoms with van der Waals surface area (Å²) in [5.41, 5.74) is 1.98. The van der Waals surface area contributed by atoms with E-state index in [2.05, 4.69) is 10.6 Å². The summed E-state index contributed by atoms with van der Waals surface area (Å²) in [6, 6.07) is 18.4. The maximum absolute atomic E-state index is 12.8. The van der Waals surface area contributed by atoms with Crippen LogP contribution in [0.3, 0.4) is 0 Å². The first-order valence-corrected chi connectivity index (χ1v) is 10.1. The molecular formula is C25H24N2O6. The number of rotatable bonds is 8. The SMILES string of the molecule is COc1cc(OC)cc(C(=O)Nc2ccccc2CNC(=O)c2cccc(OC(C)=O)c2)c1. The van der Waals surface area contributed by atoms with Gasteiger partial charge in [-0.25, -0.2) is 0 Å². The molecule has 0 heterocycles. The van der Waals surface area contributed by atoms with Crippen molar-refractivity contribution in [3.63, 3.8) is 0 Å². The second-order valence-electron chi connectivity index (χ2n) is 7.02. The molecule has 0 unspecified atom stereocenters. The number of benzene rings is 3. The van der Waals surface area contributed by atoms with Gasteiger partial charge in [0.25, 0.3) is 11.8 Å². The van der Waals surface area contributed by atoms with Gasteiger partial charge in [-0.05, 0) is 42.0 Å². The van der Waals surface area contributed by atoms with Crippen LogP contribution in [-0.2, 0) is 11.3 Å². The van der Waals surface area contributed by atoms with Crippen LogP contribution in [0.2, 0.25) is 0 Å². The number of hydrogen-bond acceptors (Lipinski definition) is 6. The summed E-state index contributed by atoms with van der Waals surface area (Å²) in [5.74, 6) is 0.122. The van der Waals surface area contributed by atoms with Crippen LogP contribution in [0, 0.1) is 0 Å². The van der Waals surface area contributed by atoms with Gasteiger partial charge in [0.2, 0.25) is 0 Å². The fourth-order valence-electron chi connectivity index (χ4n) is 3.07. The van der Waals surface area contributed by atoms with Crippen LogP contribution in [0.25, 0.3) is 0 Å². The predicted octanol–water partition coefficient (Wildman–Crippen LogP) is 3.81. The molecule has 8 heteroatoms. The minimum absolute atomic E-state index is 0.175. The molecule has 0 saturated heterocycles. The summed E-state index contributed by atoms with van der Waals surface area (Å²) < 4.78 is 15.5. The molecule has 3 aromatic carbocycles. The van der Waals surface area contributed by atoms with Crippen molar-refractivity contribution >= 4 is 23.5 Å². The largest absolute Gasteiger partial charge is 0.497 e. The van der Waals surface area contributed by atoms with Gasteiger partial charge in [-0.2, -0.15) is 0 Å². The highest BCUT2D eigenvalue weighted by Gasteiger charge is 2.13. The molecule has 8 nitrogen and oxygen atoms in total. The summed E-state index contributed by atoms with van der Waals surface area (Å²) in [6.07, 6.45) is 0. The van der Waals surface area contributed by atoms with Gasteiger partial charge in [0, 0.05) is 36.3 Å². The molecule has 3 aromatic rings. The van der Waals surface area contributed by atoms with Crippen molar-refractivity contribution in [3.05, 3.63) is 83.4 Å². The Kier molecular flexibility index (Phi) is 7.64. The molecule has 0 saturated carbocycles. The van der Waals surface area contributed by atoms with Gasteiger partial charge < -0.3 is 24.8 Å². The summed E-state index contributed by atoms with van der Waals surface area (Å²) >= 11 is 0. The maximum atomic E-state index is 12.8. The standard InChI is InChI=1S/C25H24N2O6/c1-16(28)33-20-9-6-8-17(11-20)24(29)26-15-18-7-4-5-10-23(18)27-25(30)19-12-21(31-2)14-22(13-19)32-3/h4-14H,15H2,1-3H3,(H,26,29)(H,27,30). The number of para-hydroxylation sites is 1. The lowest BCUT2D eigenvalue weighted by molar-refractivity contribution is -0.131. The van der Waals surface area contributed by atoms with Crippen molar-refractivity contribution in [2.45, 2.75) is 13.5 Å². The third kappa shape index (κ3) is 6.33. The van der Waals surface area contributed by atoms with Crippen LogP contribution in [0.15, 0.2) is 66.7 Å².